The molecule has 0 aliphatic rings. The van der Waals surface area contributed by atoms with Gasteiger partial charge in [0.1, 0.15) is 0 Å². The Balaban J connectivity index is 0. The maximum absolute atomic E-state index is 9.91. The number of carboxylic acids is 1. The average molecular weight is 155 g/mol. The molecule has 0 atom stereocenters. The molecular formula is C5H10NNaO3. The fourth-order valence-electron chi connectivity index (χ4n) is 0.400. The van der Waals surface area contributed by atoms with Crippen molar-refractivity contribution in [2.24, 2.45) is 0 Å². The van der Waals surface area contributed by atoms with Gasteiger partial charge >= 0.3 is 29.6 Å². The molecule has 0 unspecified atom stereocenters. The average Bonchev–Trinajstić information content (AvgIpc) is 1.63. The zero-order chi connectivity index (χ0) is 7.49. The summed E-state index contributed by atoms with van der Waals surface area (Å²) in [6.45, 7) is 3.12. The topological polar surface area (TPSA) is 72.4 Å². The summed E-state index contributed by atoms with van der Waals surface area (Å²) in [5.74, 6) is -1.18. The SMILES string of the molecule is CC(C)(CC(=O)[O-])NO.[Na+]. The maximum atomic E-state index is 9.91. The molecule has 0 amide bonds. The smallest absolute Gasteiger partial charge is 0.550 e. The molecule has 0 aliphatic carbocycles. The molecule has 10 heavy (non-hydrogen) atoms. The predicted molar refractivity (Wildman–Crippen MR) is 28.6 cm³/mol. The molecule has 0 spiro atoms. The van der Waals surface area contributed by atoms with Crippen LogP contribution in [0.2, 0.25) is 0 Å². The largest absolute Gasteiger partial charge is 1.00 e. The molecule has 5 heteroatoms. The van der Waals surface area contributed by atoms with Gasteiger partial charge in [-0.15, -0.1) is 0 Å². The van der Waals surface area contributed by atoms with E-state index in [4.69, 9.17) is 5.21 Å². The Labute approximate surface area is 81.9 Å². The molecule has 0 aromatic rings. The number of rotatable bonds is 3. The van der Waals surface area contributed by atoms with Gasteiger partial charge in [0, 0.05) is 17.9 Å². The van der Waals surface area contributed by atoms with E-state index < -0.39 is 11.5 Å². The summed E-state index contributed by atoms with van der Waals surface area (Å²) < 4.78 is 0. The Morgan fingerprint density at radius 2 is 2.10 bits per heavy atom. The molecule has 54 valence electrons. The Bertz CT molecular complexity index is 115. The quantitative estimate of drug-likeness (QED) is 0.321. The Morgan fingerprint density at radius 1 is 1.70 bits per heavy atom. The van der Waals surface area contributed by atoms with Gasteiger partial charge in [-0.05, 0) is 13.8 Å². The van der Waals surface area contributed by atoms with Gasteiger partial charge < -0.3 is 15.1 Å². The van der Waals surface area contributed by atoms with Crippen LogP contribution in [0.3, 0.4) is 0 Å². The first-order chi connectivity index (χ1) is 3.98. The van der Waals surface area contributed by atoms with Crippen LogP contribution in [-0.2, 0) is 4.79 Å². The molecule has 0 rings (SSSR count). The first kappa shape index (κ1) is 13.0. The van der Waals surface area contributed by atoms with Crippen molar-refractivity contribution in [2.75, 3.05) is 0 Å². The molecule has 0 fully saturated rings. The molecule has 0 bridgehead atoms. The molecule has 0 aromatic heterocycles. The standard InChI is InChI=1S/C5H11NO3.Na/c1-5(2,6-9)3-4(7)8;/h6,9H,3H2,1-2H3,(H,7,8);/q;+1/p-1. The number of aliphatic carboxylic acids is 1. The second kappa shape index (κ2) is 5.09. The maximum Gasteiger partial charge on any atom is 1.00 e. The van der Waals surface area contributed by atoms with Gasteiger partial charge in [0.05, 0.1) is 0 Å². The molecule has 0 saturated heterocycles. The second-order valence-electron chi connectivity index (χ2n) is 2.54. The zero-order valence-electron chi connectivity index (χ0n) is 6.47. The third kappa shape index (κ3) is 6.51. The molecule has 2 N–H and O–H groups in total. The normalized spacial score (nSPS) is 10.3. The summed E-state index contributed by atoms with van der Waals surface area (Å²) in [7, 11) is 0. The van der Waals surface area contributed by atoms with Gasteiger partial charge in [0.2, 0.25) is 0 Å². The summed E-state index contributed by atoms with van der Waals surface area (Å²) in [5, 5.41) is 18.2. The fourth-order valence-corrected chi connectivity index (χ4v) is 0.400. The molecule has 0 aromatic carbocycles. The van der Waals surface area contributed by atoms with Crippen molar-refractivity contribution < 1.29 is 44.7 Å². The van der Waals surface area contributed by atoms with E-state index in [0.29, 0.717) is 0 Å². The van der Waals surface area contributed by atoms with Crippen LogP contribution in [0.25, 0.3) is 0 Å². The van der Waals surface area contributed by atoms with E-state index in [1.54, 1.807) is 13.8 Å². The molecule has 0 aliphatic heterocycles. The summed E-state index contributed by atoms with van der Waals surface area (Å²) in [6, 6.07) is 0. The number of hydrogen-bond acceptors (Lipinski definition) is 4. The van der Waals surface area contributed by atoms with Crippen LogP contribution >= 0.6 is 0 Å². The number of hydrogen-bond donors (Lipinski definition) is 2. The minimum Gasteiger partial charge on any atom is -0.550 e. The van der Waals surface area contributed by atoms with Gasteiger partial charge in [-0.1, -0.05) is 0 Å². The van der Waals surface area contributed by atoms with Crippen LogP contribution in [0.5, 0.6) is 0 Å². The number of nitrogens with one attached hydrogen (secondary N) is 1. The Hall–Kier alpha value is 0.390. The number of carbonyl (C=O) groups excluding carboxylic acids is 1. The van der Waals surface area contributed by atoms with E-state index in [9.17, 15) is 9.90 Å². The van der Waals surface area contributed by atoms with E-state index in [1.807, 2.05) is 5.48 Å². The summed E-state index contributed by atoms with van der Waals surface area (Å²) in [5.41, 5.74) is 1.06. The summed E-state index contributed by atoms with van der Waals surface area (Å²) in [4.78, 5) is 9.91. The van der Waals surface area contributed by atoms with Crippen LogP contribution in [-0.4, -0.2) is 16.7 Å². The van der Waals surface area contributed by atoms with Crippen molar-refractivity contribution in [1.82, 2.24) is 5.48 Å². The van der Waals surface area contributed by atoms with E-state index in [1.165, 1.54) is 0 Å². The predicted octanol–water partition coefficient (Wildman–Crippen LogP) is -4.11. The van der Waals surface area contributed by atoms with Crippen molar-refractivity contribution in [2.45, 2.75) is 25.8 Å². The monoisotopic (exact) mass is 155 g/mol. The Morgan fingerprint density at radius 3 is 2.20 bits per heavy atom. The molecule has 0 radical (unpaired) electrons. The van der Waals surface area contributed by atoms with Crippen LogP contribution < -0.4 is 40.1 Å². The van der Waals surface area contributed by atoms with Crippen LogP contribution in [0.1, 0.15) is 20.3 Å². The van der Waals surface area contributed by atoms with Crippen molar-refractivity contribution in [1.29, 1.82) is 0 Å². The van der Waals surface area contributed by atoms with Gasteiger partial charge in [0.25, 0.3) is 0 Å². The van der Waals surface area contributed by atoms with E-state index in [-0.39, 0.29) is 36.0 Å². The minimum absolute atomic E-state index is 0. The zero-order valence-corrected chi connectivity index (χ0v) is 8.47. The van der Waals surface area contributed by atoms with Gasteiger partial charge in [-0.3, -0.25) is 0 Å². The van der Waals surface area contributed by atoms with Crippen LogP contribution in [0.15, 0.2) is 0 Å². The van der Waals surface area contributed by atoms with Crippen LogP contribution in [0.4, 0.5) is 0 Å². The van der Waals surface area contributed by atoms with Gasteiger partial charge in [-0.25, -0.2) is 0 Å². The molecular weight excluding hydrogens is 145 g/mol. The summed E-state index contributed by atoms with van der Waals surface area (Å²) >= 11 is 0. The van der Waals surface area contributed by atoms with E-state index in [0.717, 1.165) is 0 Å². The number of carbonyl (C=O) groups is 1. The van der Waals surface area contributed by atoms with Crippen molar-refractivity contribution in [3.63, 3.8) is 0 Å². The number of carboxylic acid groups (broad SMARTS) is 1. The third-order valence-electron chi connectivity index (χ3n) is 0.889. The first-order valence-corrected chi connectivity index (χ1v) is 2.59. The Kier molecular flexibility index (Phi) is 6.63. The minimum atomic E-state index is -1.18. The molecule has 0 saturated carbocycles. The van der Waals surface area contributed by atoms with Crippen molar-refractivity contribution in [3.05, 3.63) is 0 Å². The second-order valence-corrected chi connectivity index (χ2v) is 2.54. The third-order valence-corrected chi connectivity index (χ3v) is 0.889. The van der Waals surface area contributed by atoms with Gasteiger partial charge in [-0.2, -0.15) is 5.48 Å². The van der Waals surface area contributed by atoms with Crippen molar-refractivity contribution in [3.8, 4) is 0 Å². The molecule has 4 nitrogen and oxygen atoms in total. The summed E-state index contributed by atoms with van der Waals surface area (Å²) in [6.07, 6.45) is -0.205. The van der Waals surface area contributed by atoms with E-state index in [2.05, 4.69) is 0 Å². The van der Waals surface area contributed by atoms with Gasteiger partial charge in [0.15, 0.2) is 0 Å². The first-order valence-electron chi connectivity index (χ1n) is 2.59. The fraction of sp³-hybridized carbons (Fsp3) is 0.800. The number of hydroxylamine groups is 1. The molecule has 0 heterocycles. The van der Waals surface area contributed by atoms with E-state index >= 15 is 0 Å². The van der Waals surface area contributed by atoms with Crippen LogP contribution in [0, 0.1) is 0 Å². The van der Waals surface area contributed by atoms with Crippen molar-refractivity contribution >= 4 is 5.97 Å².